The third-order valence-electron chi connectivity index (χ3n) is 2.11. The van der Waals surface area contributed by atoms with E-state index in [0.29, 0.717) is 12.4 Å². The Hall–Kier alpha value is -1.72. The largest absolute Gasteiger partial charge is 0.367 e. The Morgan fingerprint density at radius 2 is 2.50 bits per heavy atom. The van der Waals surface area contributed by atoms with Gasteiger partial charge in [0.25, 0.3) is 6.20 Å². The second-order valence-electron chi connectivity index (χ2n) is 3.64. The first-order chi connectivity index (χ1) is 9.72. The number of aromatic nitrogens is 1. The van der Waals surface area contributed by atoms with Crippen molar-refractivity contribution >= 4 is 23.1 Å². The molecule has 1 rings (SSSR count). The summed E-state index contributed by atoms with van der Waals surface area (Å²) >= 11 is 3.44. The first kappa shape index (κ1) is 16.3. The van der Waals surface area contributed by atoms with Crippen LogP contribution in [0.1, 0.15) is 11.4 Å². The van der Waals surface area contributed by atoms with E-state index in [0.717, 1.165) is 29.1 Å². The second-order valence-corrected chi connectivity index (χ2v) is 5.73. The average molecular weight is 312 g/mol. The molecule has 0 amide bonds. The van der Waals surface area contributed by atoms with Crippen molar-refractivity contribution in [2.45, 2.75) is 12.2 Å². The van der Waals surface area contributed by atoms with Crippen LogP contribution in [0.25, 0.3) is 0 Å². The summed E-state index contributed by atoms with van der Waals surface area (Å²) in [4.78, 5) is 14.1. The summed E-state index contributed by atoms with van der Waals surface area (Å²) in [5.74, 6) is 4.59. The van der Waals surface area contributed by atoms with E-state index in [1.165, 1.54) is 0 Å². The number of nitrogens with one attached hydrogen (secondary N) is 2. The van der Waals surface area contributed by atoms with Crippen LogP contribution in [0.4, 0.5) is 0 Å². The number of terminal acetylenes is 1. The molecule has 0 aliphatic carbocycles. The predicted molar refractivity (Wildman–Crippen MR) is 82.8 cm³/mol. The van der Waals surface area contributed by atoms with Crippen molar-refractivity contribution in [3.8, 4) is 12.3 Å². The molecule has 1 aromatic heterocycles. The zero-order valence-corrected chi connectivity index (χ0v) is 12.5. The van der Waals surface area contributed by atoms with Crippen LogP contribution in [0.5, 0.6) is 0 Å². The normalized spacial score (nSPS) is 10.8. The molecule has 108 valence electrons. The van der Waals surface area contributed by atoms with Crippen LogP contribution in [-0.4, -0.2) is 28.7 Å². The molecule has 1 aromatic rings. The number of thiazole rings is 1. The molecule has 0 aromatic carbocycles. The Kier molecular flexibility index (Phi) is 8.26. The molecule has 0 saturated heterocycles. The van der Waals surface area contributed by atoms with Crippen LogP contribution in [0, 0.1) is 22.5 Å². The van der Waals surface area contributed by atoms with Gasteiger partial charge in [0.05, 0.1) is 11.5 Å². The third kappa shape index (κ3) is 7.66. The fraction of sp³-hybridized carbons (Fsp3) is 0.417. The number of thioether (sulfide) groups is 1. The van der Waals surface area contributed by atoms with Gasteiger partial charge >= 0.3 is 0 Å². The molecule has 20 heavy (non-hydrogen) atoms. The van der Waals surface area contributed by atoms with Gasteiger partial charge in [-0.2, -0.15) is 11.8 Å². The van der Waals surface area contributed by atoms with Crippen molar-refractivity contribution in [1.82, 2.24) is 15.6 Å². The molecule has 0 aliphatic rings. The van der Waals surface area contributed by atoms with E-state index >= 15 is 0 Å². The molecule has 0 aliphatic heterocycles. The topological polar surface area (TPSA) is 80.1 Å². The molecule has 0 saturated carbocycles. The number of hydrogen-bond acceptors (Lipinski definition) is 7. The molecule has 0 spiro atoms. The Labute approximate surface area is 126 Å². The van der Waals surface area contributed by atoms with E-state index in [-0.39, 0.29) is 6.54 Å². The van der Waals surface area contributed by atoms with Crippen molar-refractivity contribution in [3.05, 3.63) is 38.7 Å². The van der Waals surface area contributed by atoms with Gasteiger partial charge in [0.1, 0.15) is 5.01 Å². The van der Waals surface area contributed by atoms with Crippen LogP contribution in [0.3, 0.4) is 0 Å². The van der Waals surface area contributed by atoms with E-state index in [4.69, 9.17) is 6.42 Å². The minimum absolute atomic E-state index is 0.255. The van der Waals surface area contributed by atoms with Crippen LogP contribution >= 0.6 is 23.1 Å². The van der Waals surface area contributed by atoms with Crippen molar-refractivity contribution in [1.29, 1.82) is 0 Å². The first-order valence-electron chi connectivity index (χ1n) is 5.95. The maximum absolute atomic E-state index is 10.4. The van der Waals surface area contributed by atoms with E-state index < -0.39 is 4.92 Å². The summed E-state index contributed by atoms with van der Waals surface area (Å²) in [6.07, 6.45) is 8.70. The Bertz CT molecular complexity index is 468. The maximum atomic E-state index is 10.4. The minimum atomic E-state index is -0.511. The van der Waals surface area contributed by atoms with Crippen molar-refractivity contribution in [3.63, 3.8) is 0 Å². The van der Waals surface area contributed by atoms with Gasteiger partial charge in [-0.05, 0) is 12.2 Å². The zero-order valence-electron chi connectivity index (χ0n) is 10.9. The summed E-state index contributed by atoms with van der Waals surface area (Å²) in [6.45, 7) is 0.910. The van der Waals surface area contributed by atoms with E-state index in [2.05, 4.69) is 21.5 Å². The fourth-order valence-corrected chi connectivity index (χ4v) is 2.95. The van der Waals surface area contributed by atoms with Gasteiger partial charge in [0.15, 0.2) is 5.82 Å². The van der Waals surface area contributed by atoms with Gasteiger partial charge in [-0.3, -0.25) is 10.1 Å². The summed E-state index contributed by atoms with van der Waals surface area (Å²) in [5.41, 5.74) is 0. The molecule has 1 heterocycles. The Balaban J connectivity index is 2.14. The molecule has 0 atom stereocenters. The number of hydrogen-bond donors (Lipinski definition) is 2. The monoisotopic (exact) mass is 312 g/mol. The lowest BCUT2D eigenvalue weighted by Crippen LogP contribution is -2.28. The number of rotatable bonds is 10. The third-order valence-corrected chi connectivity index (χ3v) is 4.12. The van der Waals surface area contributed by atoms with Gasteiger partial charge in [-0.15, -0.1) is 17.8 Å². The van der Waals surface area contributed by atoms with Gasteiger partial charge in [0, 0.05) is 23.9 Å². The number of nitro groups is 1. The SMILES string of the molecule is C#CCNC(=C[N+](=O)[O-])NCCCSCc1nccs1. The summed E-state index contributed by atoms with van der Waals surface area (Å²) in [5, 5.41) is 19.2. The van der Waals surface area contributed by atoms with Crippen LogP contribution in [0.15, 0.2) is 23.6 Å². The lowest BCUT2D eigenvalue weighted by atomic mass is 10.4. The maximum Gasteiger partial charge on any atom is 0.274 e. The van der Waals surface area contributed by atoms with Crippen LogP contribution in [-0.2, 0) is 5.75 Å². The van der Waals surface area contributed by atoms with Gasteiger partial charge in [-0.1, -0.05) is 5.92 Å². The van der Waals surface area contributed by atoms with E-state index in [9.17, 15) is 10.1 Å². The Morgan fingerprint density at radius 3 is 3.15 bits per heavy atom. The average Bonchev–Trinajstić information content (AvgIpc) is 2.92. The standard InChI is InChI=1S/C12H16N4O2S2/c1-2-4-13-11(9-16(17)18)14-5-3-7-19-10-12-15-6-8-20-12/h1,6,8-9,13-14H,3-5,7,10H2. The molecule has 0 bridgehead atoms. The molecule has 0 fully saturated rings. The second kappa shape index (κ2) is 10.1. The molecular weight excluding hydrogens is 296 g/mol. The molecular formula is C12H16N4O2S2. The lowest BCUT2D eigenvalue weighted by Gasteiger charge is -2.08. The highest BCUT2D eigenvalue weighted by Gasteiger charge is 2.01. The zero-order chi connectivity index (χ0) is 14.6. The Morgan fingerprint density at radius 1 is 1.65 bits per heavy atom. The van der Waals surface area contributed by atoms with Crippen LogP contribution in [0.2, 0.25) is 0 Å². The smallest absolute Gasteiger partial charge is 0.274 e. The molecule has 0 unspecified atom stereocenters. The van der Waals surface area contributed by atoms with Crippen LogP contribution < -0.4 is 10.6 Å². The molecule has 2 N–H and O–H groups in total. The highest BCUT2D eigenvalue weighted by Crippen LogP contribution is 2.14. The highest BCUT2D eigenvalue weighted by atomic mass is 32.2. The van der Waals surface area contributed by atoms with Gasteiger partial charge in [0.2, 0.25) is 0 Å². The lowest BCUT2D eigenvalue weighted by molar-refractivity contribution is -0.404. The summed E-state index contributed by atoms with van der Waals surface area (Å²) in [7, 11) is 0. The quantitative estimate of drug-likeness (QED) is 0.296. The van der Waals surface area contributed by atoms with E-state index in [1.807, 2.05) is 5.38 Å². The van der Waals surface area contributed by atoms with Crippen molar-refractivity contribution < 1.29 is 4.92 Å². The summed E-state index contributed by atoms with van der Waals surface area (Å²) in [6, 6.07) is 0. The van der Waals surface area contributed by atoms with Crippen molar-refractivity contribution in [2.24, 2.45) is 0 Å². The highest BCUT2D eigenvalue weighted by molar-refractivity contribution is 7.98. The molecule has 8 heteroatoms. The summed E-state index contributed by atoms with van der Waals surface area (Å²) < 4.78 is 0. The molecule has 6 nitrogen and oxygen atoms in total. The van der Waals surface area contributed by atoms with Gasteiger partial charge in [-0.25, -0.2) is 4.98 Å². The fourth-order valence-electron chi connectivity index (χ4n) is 1.29. The van der Waals surface area contributed by atoms with Gasteiger partial charge < -0.3 is 10.6 Å². The first-order valence-corrected chi connectivity index (χ1v) is 7.98. The molecule has 0 radical (unpaired) electrons. The van der Waals surface area contributed by atoms with Crippen molar-refractivity contribution in [2.75, 3.05) is 18.8 Å². The van der Waals surface area contributed by atoms with E-state index in [1.54, 1.807) is 29.3 Å². The number of nitrogens with zero attached hydrogens (tertiary/aromatic N) is 2. The predicted octanol–water partition coefficient (Wildman–Crippen LogP) is 1.65. The minimum Gasteiger partial charge on any atom is -0.367 e.